The van der Waals surface area contributed by atoms with E-state index in [1.54, 1.807) is 0 Å². The van der Waals surface area contributed by atoms with E-state index in [0.717, 1.165) is 13.3 Å². The van der Waals surface area contributed by atoms with E-state index in [2.05, 4.69) is 9.72 Å². The van der Waals surface area contributed by atoms with Crippen LogP contribution in [0.1, 0.15) is 10.4 Å². The van der Waals surface area contributed by atoms with Crippen molar-refractivity contribution in [1.82, 2.24) is 10.3 Å². The third-order valence-electron chi connectivity index (χ3n) is 1.80. The minimum atomic E-state index is -1.21. The number of carbonyl (C=O) groups is 3. The van der Waals surface area contributed by atoms with Crippen LogP contribution < -0.4 is 10.1 Å². The fraction of sp³-hybridized carbons (Fsp3) is 0.200. The summed E-state index contributed by atoms with van der Waals surface area (Å²) in [6, 6.07) is 1.23. The molecule has 0 saturated carbocycles. The van der Waals surface area contributed by atoms with Crippen LogP contribution in [0.4, 0.5) is 4.79 Å². The molecule has 0 unspecified atom stereocenters. The predicted molar refractivity (Wildman–Crippen MR) is 57.2 cm³/mol. The summed E-state index contributed by atoms with van der Waals surface area (Å²) in [6.07, 6.45) is 1.52. The van der Waals surface area contributed by atoms with Crippen LogP contribution >= 0.6 is 0 Å². The van der Waals surface area contributed by atoms with Crippen molar-refractivity contribution in [2.24, 2.45) is 0 Å². The molecule has 0 radical (unpaired) electrons. The Morgan fingerprint density at radius 2 is 2.17 bits per heavy atom. The molecule has 1 heterocycles. The zero-order valence-electron chi connectivity index (χ0n) is 9.37. The van der Waals surface area contributed by atoms with Crippen molar-refractivity contribution < 1.29 is 29.0 Å². The van der Waals surface area contributed by atoms with Gasteiger partial charge in [0.25, 0.3) is 5.91 Å². The highest BCUT2D eigenvalue weighted by atomic mass is 16.5. The monoisotopic (exact) mass is 254 g/mol. The molecule has 0 atom stereocenters. The van der Waals surface area contributed by atoms with Gasteiger partial charge in [-0.15, -0.1) is 0 Å². The molecular weight excluding hydrogens is 244 g/mol. The molecule has 8 nitrogen and oxygen atoms in total. The molecule has 0 aromatic carbocycles. The Hall–Kier alpha value is -2.64. The molecule has 0 fully saturated rings. The molecule has 96 valence electrons. The lowest BCUT2D eigenvalue weighted by Gasteiger charge is -2.07. The molecule has 0 bridgehead atoms. The van der Waals surface area contributed by atoms with Crippen molar-refractivity contribution in [3.05, 3.63) is 24.0 Å². The van der Waals surface area contributed by atoms with Crippen molar-refractivity contribution in [1.29, 1.82) is 0 Å². The molecule has 0 saturated heterocycles. The van der Waals surface area contributed by atoms with Gasteiger partial charge >= 0.3 is 12.1 Å². The molecule has 0 spiro atoms. The third-order valence-corrected chi connectivity index (χ3v) is 1.80. The Labute approximate surface area is 102 Å². The number of nitrogens with one attached hydrogen (secondary N) is 1. The van der Waals surface area contributed by atoms with E-state index in [9.17, 15) is 14.4 Å². The van der Waals surface area contributed by atoms with E-state index >= 15 is 0 Å². The third kappa shape index (κ3) is 3.74. The highest BCUT2D eigenvalue weighted by Gasteiger charge is 2.13. The normalized spacial score (nSPS) is 9.39. The average molecular weight is 254 g/mol. The van der Waals surface area contributed by atoms with Gasteiger partial charge in [0.05, 0.1) is 13.3 Å². The Morgan fingerprint density at radius 1 is 1.44 bits per heavy atom. The molecule has 0 aliphatic rings. The van der Waals surface area contributed by atoms with Gasteiger partial charge in [0.1, 0.15) is 5.56 Å². The van der Waals surface area contributed by atoms with E-state index < -0.39 is 24.6 Å². The van der Waals surface area contributed by atoms with Crippen LogP contribution in [-0.4, -0.2) is 41.8 Å². The lowest BCUT2D eigenvalue weighted by atomic mass is 10.2. The van der Waals surface area contributed by atoms with E-state index in [0.29, 0.717) is 0 Å². The number of carbonyl (C=O) groups excluding carboxylic acids is 2. The summed E-state index contributed by atoms with van der Waals surface area (Å²) in [5.74, 6) is -2.03. The lowest BCUT2D eigenvalue weighted by Crippen LogP contribution is -2.34. The largest absolute Gasteiger partial charge is 0.481 e. The van der Waals surface area contributed by atoms with Gasteiger partial charge in [0, 0.05) is 6.20 Å². The van der Waals surface area contributed by atoms with Gasteiger partial charge in [0.2, 0.25) is 0 Å². The Balaban J connectivity index is 2.61. The second-order valence-electron chi connectivity index (χ2n) is 3.01. The van der Waals surface area contributed by atoms with Crippen LogP contribution in [0.15, 0.2) is 18.5 Å². The summed E-state index contributed by atoms with van der Waals surface area (Å²) in [6.45, 7) is -0.527. The maximum atomic E-state index is 11.2. The number of alkyl carbamates (subject to hydrolysis) is 1. The standard InChI is InChI=1S/C10H10N2O6/c1-17-10(16)12-8(13)5-18-7-4-11-3-2-6(7)9(14)15/h2-4H,5H2,1H3,(H,14,15)(H,12,13,16). The fourth-order valence-corrected chi connectivity index (χ4v) is 1.02. The van der Waals surface area contributed by atoms with Gasteiger partial charge in [-0.05, 0) is 6.07 Å². The summed E-state index contributed by atoms with van der Waals surface area (Å²) in [4.78, 5) is 36.3. The Kier molecular flexibility index (Phi) is 4.61. The van der Waals surface area contributed by atoms with Crippen molar-refractivity contribution in [3.63, 3.8) is 0 Å². The fourth-order valence-electron chi connectivity index (χ4n) is 1.02. The molecule has 2 N–H and O–H groups in total. The van der Waals surface area contributed by atoms with Crippen LogP contribution in [0, 0.1) is 0 Å². The molecule has 8 heteroatoms. The number of ether oxygens (including phenoxy) is 2. The van der Waals surface area contributed by atoms with Gasteiger partial charge in [0.15, 0.2) is 12.4 Å². The first kappa shape index (κ1) is 13.4. The number of imide groups is 1. The van der Waals surface area contributed by atoms with E-state index in [-0.39, 0.29) is 11.3 Å². The van der Waals surface area contributed by atoms with Crippen LogP contribution in [0.3, 0.4) is 0 Å². The quantitative estimate of drug-likeness (QED) is 0.779. The summed E-state index contributed by atoms with van der Waals surface area (Å²) >= 11 is 0. The number of methoxy groups -OCH3 is 1. The number of pyridine rings is 1. The zero-order valence-corrected chi connectivity index (χ0v) is 9.37. The number of nitrogens with zero attached hydrogens (tertiary/aromatic N) is 1. The molecule has 1 aromatic rings. The first-order valence-corrected chi connectivity index (χ1v) is 4.72. The van der Waals surface area contributed by atoms with Gasteiger partial charge in [-0.1, -0.05) is 0 Å². The predicted octanol–water partition coefficient (Wildman–Crippen LogP) is 0.0412. The molecular formula is C10H10N2O6. The maximum absolute atomic E-state index is 11.2. The topological polar surface area (TPSA) is 115 Å². The molecule has 0 aliphatic carbocycles. The second-order valence-corrected chi connectivity index (χ2v) is 3.01. The van der Waals surface area contributed by atoms with Crippen molar-refractivity contribution in [2.45, 2.75) is 0 Å². The average Bonchev–Trinajstić information content (AvgIpc) is 2.36. The number of carboxylic acid groups (broad SMARTS) is 1. The lowest BCUT2D eigenvalue weighted by molar-refractivity contribution is -0.122. The van der Waals surface area contributed by atoms with E-state index in [1.807, 2.05) is 5.32 Å². The molecule has 1 aromatic heterocycles. The van der Waals surface area contributed by atoms with Crippen LogP contribution in [0.5, 0.6) is 5.75 Å². The van der Waals surface area contributed by atoms with E-state index in [1.165, 1.54) is 12.3 Å². The van der Waals surface area contributed by atoms with Crippen molar-refractivity contribution >= 4 is 18.0 Å². The first-order chi connectivity index (χ1) is 8.54. The van der Waals surface area contributed by atoms with Gasteiger partial charge in [-0.25, -0.2) is 9.59 Å². The van der Waals surface area contributed by atoms with Crippen LogP contribution in [0.2, 0.25) is 0 Å². The molecule has 0 aliphatic heterocycles. The number of hydrogen-bond acceptors (Lipinski definition) is 6. The summed E-state index contributed by atoms with van der Waals surface area (Å²) in [5, 5.41) is 10.7. The van der Waals surface area contributed by atoms with Crippen LogP contribution in [-0.2, 0) is 9.53 Å². The van der Waals surface area contributed by atoms with Gasteiger partial charge < -0.3 is 14.6 Å². The Bertz CT molecular complexity index is 473. The minimum Gasteiger partial charge on any atom is -0.481 e. The first-order valence-electron chi connectivity index (χ1n) is 4.72. The number of aromatic carboxylic acids is 1. The summed E-state index contributed by atoms with van der Waals surface area (Å²) in [7, 11) is 1.10. The SMILES string of the molecule is COC(=O)NC(=O)COc1cnccc1C(=O)O. The number of aromatic nitrogens is 1. The maximum Gasteiger partial charge on any atom is 0.413 e. The summed E-state index contributed by atoms with van der Waals surface area (Å²) in [5.41, 5.74) is -0.129. The molecule has 1 rings (SSSR count). The van der Waals surface area contributed by atoms with Gasteiger partial charge in [-0.3, -0.25) is 15.1 Å². The number of hydrogen-bond donors (Lipinski definition) is 2. The molecule has 18 heavy (non-hydrogen) atoms. The second kappa shape index (κ2) is 6.18. The van der Waals surface area contributed by atoms with E-state index in [4.69, 9.17) is 9.84 Å². The van der Waals surface area contributed by atoms with Crippen LogP contribution in [0.25, 0.3) is 0 Å². The highest BCUT2D eigenvalue weighted by Crippen LogP contribution is 2.15. The number of carboxylic acids is 1. The highest BCUT2D eigenvalue weighted by molar-refractivity contribution is 5.93. The summed E-state index contributed by atoms with van der Waals surface area (Å²) < 4.78 is 9.14. The number of rotatable bonds is 4. The smallest absolute Gasteiger partial charge is 0.413 e. The molecule has 2 amide bonds. The van der Waals surface area contributed by atoms with Crippen molar-refractivity contribution in [3.8, 4) is 5.75 Å². The number of amides is 2. The zero-order chi connectivity index (χ0) is 13.5. The Morgan fingerprint density at radius 3 is 2.78 bits per heavy atom. The van der Waals surface area contributed by atoms with Gasteiger partial charge in [-0.2, -0.15) is 0 Å². The van der Waals surface area contributed by atoms with Crippen molar-refractivity contribution in [2.75, 3.05) is 13.7 Å². The minimum absolute atomic E-state index is 0.0648.